The zero-order chi connectivity index (χ0) is 19.4. The lowest BCUT2D eigenvalue weighted by Crippen LogP contribution is -2.15. The average molecular weight is 424 g/mol. The Morgan fingerprint density at radius 3 is 2.96 bits per heavy atom. The van der Waals surface area contributed by atoms with E-state index in [4.69, 9.17) is 0 Å². The molecule has 0 spiro atoms. The van der Waals surface area contributed by atoms with Gasteiger partial charge in [-0.25, -0.2) is 23.4 Å². The smallest absolute Gasteiger partial charge is 0.199 e. The van der Waals surface area contributed by atoms with Crippen LogP contribution < -0.4 is 5.32 Å². The molecule has 1 N–H and O–H groups in total. The lowest BCUT2D eigenvalue weighted by molar-refractivity contribution is 0.615. The van der Waals surface area contributed by atoms with Crippen molar-refractivity contribution in [3.05, 3.63) is 46.8 Å². The highest BCUT2D eigenvalue weighted by atomic mass is 33.1. The maximum atomic E-state index is 11.4. The van der Waals surface area contributed by atoms with E-state index in [1.165, 1.54) is 6.26 Å². The van der Waals surface area contributed by atoms with Crippen LogP contribution in [0, 0.1) is 6.92 Å². The van der Waals surface area contributed by atoms with E-state index in [0.29, 0.717) is 5.75 Å². The molecule has 0 fully saturated rings. The number of rotatable bonds is 9. The largest absolute Gasteiger partial charge is 0.385 e. The highest BCUT2D eigenvalue weighted by Crippen LogP contribution is 2.28. The van der Waals surface area contributed by atoms with Gasteiger partial charge in [-0.15, -0.1) is 11.3 Å². The summed E-state index contributed by atoms with van der Waals surface area (Å²) in [7, 11) is -2.11. The summed E-state index contributed by atoms with van der Waals surface area (Å²) in [5.41, 5.74) is 4.35. The Labute approximate surface area is 166 Å². The Morgan fingerprint density at radius 2 is 2.19 bits per heavy atom. The Kier molecular flexibility index (Phi) is 6.18. The minimum atomic E-state index is -3.06. The van der Waals surface area contributed by atoms with Crippen LogP contribution in [0.3, 0.4) is 0 Å². The van der Waals surface area contributed by atoms with E-state index in [9.17, 15) is 8.42 Å². The molecule has 3 aromatic rings. The third-order valence-corrected chi connectivity index (χ3v) is 7.55. The summed E-state index contributed by atoms with van der Waals surface area (Å²) in [6.07, 6.45) is 5.46. The molecule has 0 aromatic carbocycles. The van der Waals surface area contributed by atoms with Gasteiger partial charge in [-0.1, -0.05) is 6.58 Å². The third-order valence-electron chi connectivity index (χ3n) is 3.97. The molecule has 10 heteroatoms. The third kappa shape index (κ3) is 5.08. The molecule has 0 atom stereocenters. The van der Waals surface area contributed by atoms with E-state index in [1.807, 2.05) is 22.9 Å². The molecule has 0 unspecified atom stereocenters. The molecule has 3 aromatic heterocycles. The van der Waals surface area contributed by atoms with Crippen LogP contribution in [0.1, 0.15) is 22.6 Å². The van der Waals surface area contributed by atoms with Crippen molar-refractivity contribution in [2.24, 2.45) is 0 Å². The number of aromatic nitrogens is 4. The molecule has 0 aliphatic carbocycles. The Balaban J connectivity index is 1.53. The predicted octanol–water partition coefficient (Wildman–Crippen LogP) is 3.04. The molecule has 0 bridgehead atoms. The number of fused-ring (bicyclic) bond motifs is 1. The van der Waals surface area contributed by atoms with Crippen molar-refractivity contribution in [3.63, 3.8) is 0 Å². The second kappa shape index (κ2) is 8.41. The molecule has 0 aliphatic heterocycles. The van der Waals surface area contributed by atoms with E-state index < -0.39 is 8.87 Å². The quantitative estimate of drug-likeness (QED) is 0.418. The van der Waals surface area contributed by atoms with Gasteiger partial charge < -0.3 is 9.88 Å². The molecule has 3 heterocycles. The molecule has 0 saturated carbocycles. The first-order valence-corrected chi connectivity index (χ1v) is 12.6. The summed E-state index contributed by atoms with van der Waals surface area (Å²) in [4.78, 5) is 13.9. The Bertz CT molecular complexity index is 1060. The second-order valence-corrected chi connectivity index (χ2v) is 11.5. The lowest BCUT2D eigenvalue weighted by Gasteiger charge is -2.11. The minimum absolute atomic E-state index is 0.437. The van der Waals surface area contributed by atoms with Gasteiger partial charge in [0, 0.05) is 41.2 Å². The lowest BCUT2D eigenvalue weighted by atomic mass is 10.2. The van der Waals surface area contributed by atoms with Crippen LogP contribution in [0.25, 0.3) is 16.9 Å². The molecule has 3 rings (SSSR count). The first-order valence-electron chi connectivity index (χ1n) is 8.31. The predicted molar refractivity (Wildman–Crippen MR) is 112 cm³/mol. The molecule has 7 nitrogen and oxygen atoms in total. The van der Waals surface area contributed by atoms with E-state index >= 15 is 0 Å². The van der Waals surface area contributed by atoms with Gasteiger partial charge in [0.2, 0.25) is 0 Å². The van der Waals surface area contributed by atoms with Crippen molar-refractivity contribution >= 4 is 47.9 Å². The van der Waals surface area contributed by atoms with E-state index in [2.05, 4.69) is 26.8 Å². The highest BCUT2D eigenvalue weighted by Gasteiger charge is 2.11. The summed E-state index contributed by atoms with van der Waals surface area (Å²) in [6, 6.07) is 1.97. The number of hydrogen-bond acceptors (Lipinski definition) is 8. The van der Waals surface area contributed by atoms with Crippen LogP contribution in [0.2, 0.25) is 0 Å². The Morgan fingerprint density at radius 1 is 1.37 bits per heavy atom. The maximum absolute atomic E-state index is 11.4. The molecule has 144 valence electrons. The number of nitrogens with one attached hydrogen (secondary N) is 1. The fraction of sp³-hybridized carbons (Fsp3) is 0.353. The summed E-state index contributed by atoms with van der Waals surface area (Å²) in [6.45, 7) is 7.55. The monoisotopic (exact) mass is 423 g/mol. The van der Waals surface area contributed by atoms with Gasteiger partial charge in [-0.05, 0) is 35.6 Å². The number of aryl methyl sites for hydroxylation is 2. The van der Waals surface area contributed by atoms with Gasteiger partial charge in [-0.3, -0.25) is 0 Å². The van der Waals surface area contributed by atoms with Gasteiger partial charge in [0.25, 0.3) is 0 Å². The first kappa shape index (κ1) is 19.8. The second-order valence-electron chi connectivity index (χ2n) is 6.05. The van der Waals surface area contributed by atoms with Crippen molar-refractivity contribution < 1.29 is 8.42 Å². The SMILES string of the molecule is C=C(NCCCn1cnc2c(C)ncnc21)c1ccsc1CSS(C)(=O)=O. The molecule has 27 heavy (non-hydrogen) atoms. The fourth-order valence-electron chi connectivity index (χ4n) is 2.63. The van der Waals surface area contributed by atoms with Crippen LogP contribution in [0.4, 0.5) is 0 Å². The van der Waals surface area contributed by atoms with Crippen LogP contribution in [-0.2, 0) is 21.2 Å². The van der Waals surface area contributed by atoms with Crippen molar-refractivity contribution in [3.8, 4) is 0 Å². The van der Waals surface area contributed by atoms with Gasteiger partial charge in [0.05, 0.1) is 12.0 Å². The minimum Gasteiger partial charge on any atom is -0.385 e. The number of thiophene rings is 1. The molecule has 0 aliphatic rings. The van der Waals surface area contributed by atoms with Crippen molar-refractivity contribution in [2.75, 3.05) is 12.8 Å². The van der Waals surface area contributed by atoms with E-state index in [0.717, 1.165) is 63.3 Å². The van der Waals surface area contributed by atoms with Crippen molar-refractivity contribution in [1.29, 1.82) is 0 Å². The van der Waals surface area contributed by atoms with Crippen LogP contribution >= 0.6 is 22.1 Å². The number of nitrogens with zero attached hydrogens (tertiary/aromatic N) is 4. The van der Waals surface area contributed by atoms with Crippen molar-refractivity contribution in [1.82, 2.24) is 24.8 Å². The summed E-state index contributed by atoms with van der Waals surface area (Å²) >= 11 is 1.55. The van der Waals surface area contributed by atoms with Gasteiger partial charge in [0.15, 0.2) is 14.5 Å². The fourth-order valence-corrected chi connectivity index (χ4v) is 5.46. The zero-order valence-electron chi connectivity index (χ0n) is 15.2. The zero-order valence-corrected chi connectivity index (χ0v) is 17.6. The van der Waals surface area contributed by atoms with E-state index in [1.54, 1.807) is 24.0 Å². The normalized spacial score (nSPS) is 11.8. The molecule has 0 radical (unpaired) electrons. The van der Waals surface area contributed by atoms with Crippen molar-refractivity contribution in [2.45, 2.75) is 25.6 Å². The standard InChI is InChI=1S/C17H21N5O2S3/c1-12(14-5-8-25-15(14)9-26-27(3,23)24)18-6-4-7-22-11-21-16-13(2)19-10-20-17(16)22/h5,8,10-11,18H,1,4,6-7,9H2,2-3H3. The Hall–Kier alpha value is -1.91. The van der Waals surface area contributed by atoms with Gasteiger partial charge in [0.1, 0.15) is 11.8 Å². The van der Waals surface area contributed by atoms with Crippen LogP contribution in [0.15, 0.2) is 30.7 Å². The van der Waals surface area contributed by atoms with Gasteiger partial charge in [-0.2, -0.15) is 0 Å². The number of imidazole rings is 1. The summed E-state index contributed by atoms with van der Waals surface area (Å²) in [5, 5.41) is 5.29. The molecule has 0 saturated heterocycles. The molecular formula is C17H21N5O2S3. The highest BCUT2D eigenvalue weighted by molar-refractivity contribution is 8.71. The number of hydrogen-bond donors (Lipinski definition) is 1. The van der Waals surface area contributed by atoms with Crippen LogP contribution in [0.5, 0.6) is 0 Å². The maximum Gasteiger partial charge on any atom is 0.199 e. The molecule has 0 amide bonds. The average Bonchev–Trinajstić information content (AvgIpc) is 3.24. The summed E-state index contributed by atoms with van der Waals surface area (Å²) in [5.74, 6) is 0.437. The first-order chi connectivity index (χ1) is 12.8. The van der Waals surface area contributed by atoms with Gasteiger partial charge >= 0.3 is 0 Å². The molecular weight excluding hydrogens is 402 g/mol. The van der Waals surface area contributed by atoms with E-state index in [-0.39, 0.29) is 0 Å². The summed E-state index contributed by atoms with van der Waals surface area (Å²) < 4.78 is 24.7. The topological polar surface area (TPSA) is 89.8 Å². The van der Waals surface area contributed by atoms with Crippen LogP contribution in [-0.4, -0.2) is 40.7 Å².